The molecule has 0 bridgehead atoms. The maximum atomic E-state index is 14.8. The summed E-state index contributed by atoms with van der Waals surface area (Å²) in [4.78, 5) is 48.8. The van der Waals surface area contributed by atoms with Gasteiger partial charge in [-0.1, -0.05) is 17.3 Å². The first-order chi connectivity index (χ1) is 22.0. The average molecular weight is 665 g/mol. The fourth-order valence-corrected chi connectivity index (χ4v) is 7.24. The number of nitrogens with zero attached hydrogens (tertiary/aromatic N) is 5. The average Bonchev–Trinajstić information content (AvgIpc) is 3.64. The summed E-state index contributed by atoms with van der Waals surface area (Å²) in [5.41, 5.74) is 13.1. The summed E-state index contributed by atoms with van der Waals surface area (Å²) in [6.07, 6.45) is 5.47. The van der Waals surface area contributed by atoms with Crippen molar-refractivity contribution in [1.82, 2.24) is 19.8 Å². The number of oxime groups is 1. The van der Waals surface area contributed by atoms with Crippen molar-refractivity contribution < 1.29 is 33.3 Å². The lowest BCUT2D eigenvalue weighted by Crippen LogP contribution is -2.71. The number of fused-ring (bicyclic) bond motifs is 2. The molecule has 2 aliphatic heterocycles. The largest absolute Gasteiger partial charge is 0.477 e. The van der Waals surface area contributed by atoms with Crippen molar-refractivity contribution in [2.75, 3.05) is 18.6 Å². The monoisotopic (exact) mass is 664 g/mol. The Kier molecular flexibility index (Phi) is 8.18. The molecule has 5 heterocycles. The van der Waals surface area contributed by atoms with Crippen LogP contribution in [0.1, 0.15) is 16.8 Å². The van der Waals surface area contributed by atoms with Gasteiger partial charge in [0.2, 0.25) is 0 Å². The van der Waals surface area contributed by atoms with Crippen molar-refractivity contribution in [3.8, 4) is 0 Å². The summed E-state index contributed by atoms with van der Waals surface area (Å²) in [7, 11) is 1.27. The number of carboxylic acid groups (broad SMARTS) is 1. The molecule has 2 aliphatic rings. The fourth-order valence-electron chi connectivity index (χ4n) is 5.36. The van der Waals surface area contributed by atoms with Crippen LogP contribution in [0.2, 0.25) is 0 Å². The SMILES string of the molecule is CO/N=C(\C(=O)N[C@@H]1C(=O)N2C(C(=O)O)=C(C[n+]3ccc4ccn(Cc5ccc(C(=N)N)cc5F)c4c3)CS[C@H]12)c1csc(N)n1. The van der Waals surface area contributed by atoms with Gasteiger partial charge in [0.15, 0.2) is 29.8 Å². The lowest BCUT2D eigenvalue weighted by molar-refractivity contribution is -0.687. The van der Waals surface area contributed by atoms with Gasteiger partial charge >= 0.3 is 5.97 Å². The molecule has 1 saturated heterocycles. The summed E-state index contributed by atoms with van der Waals surface area (Å²) in [6.45, 7) is 0.404. The van der Waals surface area contributed by atoms with Crippen LogP contribution < -0.4 is 21.4 Å². The summed E-state index contributed by atoms with van der Waals surface area (Å²) in [5, 5.41) is 26.1. The quantitative estimate of drug-likeness (QED) is 0.0543. The van der Waals surface area contributed by atoms with Crippen molar-refractivity contribution in [2.24, 2.45) is 10.9 Å². The van der Waals surface area contributed by atoms with Gasteiger partial charge in [0.25, 0.3) is 11.8 Å². The highest BCUT2D eigenvalue weighted by Gasteiger charge is 2.54. The molecule has 0 radical (unpaired) electrons. The van der Waals surface area contributed by atoms with E-state index in [9.17, 15) is 23.9 Å². The standard InChI is InChI=1S/C29H26FN9O5S2/c1-44-36-21(19-13-46-29(33)34-19)25(40)35-22-26(41)39-23(28(42)43)17(12-45-27(22)39)9-37-6-4-14-5-7-38(20(14)11-37)10-16-3-2-15(24(31)32)8-18(16)30/h2-8,11,13,22,27H,9-10,12H2,1H3,(H6-,31,32,33,34,35,40,42,43)/p+1/b36-21-/t22-,27-/m1/s1. The summed E-state index contributed by atoms with van der Waals surface area (Å²) < 4.78 is 18.4. The Morgan fingerprint density at radius 3 is 2.80 bits per heavy atom. The van der Waals surface area contributed by atoms with E-state index in [0.717, 1.165) is 22.2 Å². The first-order valence-corrected chi connectivity index (χ1v) is 15.6. The third-order valence-electron chi connectivity index (χ3n) is 7.55. The lowest BCUT2D eigenvalue weighted by Gasteiger charge is -2.49. The zero-order valence-corrected chi connectivity index (χ0v) is 25.8. The summed E-state index contributed by atoms with van der Waals surface area (Å²) in [6, 6.07) is 7.20. The molecule has 0 unspecified atom stereocenters. The second kappa shape index (κ2) is 12.2. The van der Waals surface area contributed by atoms with Crippen LogP contribution in [0.25, 0.3) is 10.9 Å². The van der Waals surface area contributed by atoms with E-state index in [1.54, 1.807) is 18.3 Å². The van der Waals surface area contributed by atoms with E-state index in [4.69, 9.17) is 21.7 Å². The summed E-state index contributed by atoms with van der Waals surface area (Å²) in [5.74, 6) is -2.94. The molecular weight excluding hydrogens is 638 g/mol. The van der Waals surface area contributed by atoms with Crippen LogP contribution in [0, 0.1) is 11.2 Å². The number of halogens is 1. The number of amides is 2. The minimum Gasteiger partial charge on any atom is -0.477 e. The number of hydrogen-bond acceptors (Lipinski definition) is 10. The van der Waals surface area contributed by atoms with Crippen molar-refractivity contribution in [3.05, 3.63) is 88.2 Å². The number of nitrogens with two attached hydrogens (primary N) is 2. The Balaban J connectivity index is 1.21. The number of nitrogens with one attached hydrogen (secondary N) is 2. The van der Waals surface area contributed by atoms with Crippen LogP contribution in [0.3, 0.4) is 0 Å². The molecule has 3 aromatic heterocycles. The molecule has 0 saturated carbocycles. The van der Waals surface area contributed by atoms with Gasteiger partial charge in [-0.25, -0.2) is 14.2 Å². The van der Waals surface area contributed by atoms with Crippen LogP contribution >= 0.6 is 23.1 Å². The van der Waals surface area contributed by atoms with Gasteiger partial charge in [0.1, 0.15) is 47.1 Å². The van der Waals surface area contributed by atoms with Crippen molar-refractivity contribution in [3.63, 3.8) is 0 Å². The number of thiazole rings is 1. The molecule has 2 amide bonds. The molecule has 46 heavy (non-hydrogen) atoms. The van der Waals surface area contributed by atoms with Gasteiger partial charge in [0, 0.05) is 45.5 Å². The van der Waals surface area contributed by atoms with E-state index in [1.165, 1.54) is 35.2 Å². The number of benzene rings is 1. The van der Waals surface area contributed by atoms with Crippen molar-refractivity contribution >= 4 is 68.5 Å². The minimum absolute atomic E-state index is 0.132. The predicted octanol–water partition coefficient (Wildman–Crippen LogP) is 1.23. The number of aromatic nitrogens is 3. The van der Waals surface area contributed by atoms with E-state index in [-0.39, 0.29) is 41.2 Å². The number of rotatable bonds is 10. The second-order valence-corrected chi connectivity index (χ2v) is 12.4. The lowest BCUT2D eigenvalue weighted by atomic mass is 10.0. The zero-order valence-electron chi connectivity index (χ0n) is 24.1. The highest BCUT2D eigenvalue weighted by molar-refractivity contribution is 8.00. The molecule has 17 heteroatoms. The molecule has 0 aliphatic carbocycles. The maximum Gasteiger partial charge on any atom is 0.352 e. The maximum absolute atomic E-state index is 14.8. The Labute approximate surface area is 268 Å². The van der Waals surface area contributed by atoms with Gasteiger partial charge < -0.3 is 31.3 Å². The van der Waals surface area contributed by atoms with E-state index in [0.29, 0.717) is 22.5 Å². The fraction of sp³-hybridized carbons (Fsp3) is 0.207. The van der Waals surface area contributed by atoms with Crippen molar-refractivity contribution in [2.45, 2.75) is 24.5 Å². The Hall–Kier alpha value is -5.29. The predicted molar refractivity (Wildman–Crippen MR) is 168 cm³/mol. The van der Waals surface area contributed by atoms with Crippen LogP contribution in [0.15, 0.2) is 70.7 Å². The minimum atomic E-state index is -1.26. The third-order valence-corrected chi connectivity index (χ3v) is 9.56. The van der Waals surface area contributed by atoms with Gasteiger partial charge in [0.05, 0.1) is 6.54 Å². The Bertz CT molecular complexity index is 1990. The number of β-lactam (4-membered cyclic amide) rings is 1. The third kappa shape index (κ3) is 5.65. The molecule has 1 aromatic carbocycles. The topological polar surface area (TPSA) is 206 Å². The number of hydrogen-bond donors (Lipinski definition) is 5. The molecule has 236 valence electrons. The highest BCUT2D eigenvalue weighted by atomic mass is 32.2. The Morgan fingerprint density at radius 2 is 2.13 bits per heavy atom. The first kappa shape index (κ1) is 30.7. The zero-order chi connectivity index (χ0) is 32.7. The molecule has 1 fully saturated rings. The number of carbonyl (C=O) groups is 3. The van der Waals surface area contributed by atoms with Crippen LogP contribution in [0.4, 0.5) is 9.52 Å². The number of carbonyl (C=O) groups excluding carboxylic acids is 2. The van der Waals surface area contributed by atoms with Crippen molar-refractivity contribution in [1.29, 1.82) is 5.41 Å². The van der Waals surface area contributed by atoms with Crippen LogP contribution in [-0.4, -0.2) is 73.2 Å². The first-order valence-electron chi connectivity index (χ1n) is 13.7. The molecular formula is C29H27FN9O5S2+. The molecule has 4 aromatic rings. The van der Waals surface area contributed by atoms with Gasteiger partial charge in [-0.05, 0) is 12.1 Å². The second-order valence-electron chi connectivity index (χ2n) is 10.4. The van der Waals surface area contributed by atoms with Crippen LogP contribution in [-0.2, 0) is 32.3 Å². The molecule has 14 nitrogen and oxygen atoms in total. The normalized spacial score (nSPS) is 17.9. The molecule has 0 spiro atoms. The number of nitrogen functional groups attached to an aromatic ring is 2. The number of pyridine rings is 1. The van der Waals surface area contributed by atoms with E-state index in [1.807, 2.05) is 33.7 Å². The molecule has 7 N–H and O–H groups in total. The molecule has 2 atom stereocenters. The van der Waals surface area contributed by atoms with Crippen LogP contribution in [0.5, 0.6) is 0 Å². The number of amidine groups is 1. The number of aliphatic carboxylic acids is 1. The van der Waals surface area contributed by atoms with Gasteiger partial charge in [-0.15, -0.1) is 23.1 Å². The smallest absolute Gasteiger partial charge is 0.352 e. The van der Waals surface area contributed by atoms with E-state index >= 15 is 0 Å². The molecule has 6 rings (SSSR count). The number of carboxylic acids is 1. The summed E-state index contributed by atoms with van der Waals surface area (Å²) >= 11 is 2.45. The van der Waals surface area contributed by atoms with E-state index < -0.39 is 35.0 Å². The van der Waals surface area contributed by atoms with Gasteiger partial charge in [-0.2, -0.15) is 4.57 Å². The number of anilines is 1. The number of thioether (sulfide) groups is 1. The highest BCUT2D eigenvalue weighted by Crippen LogP contribution is 2.40. The Morgan fingerprint density at radius 1 is 1.33 bits per heavy atom. The van der Waals surface area contributed by atoms with E-state index in [2.05, 4.69) is 15.5 Å². The van der Waals surface area contributed by atoms with Gasteiger partial charge in [-0.3, -0.25) is 19.9 Å².